The Morgan fingerprint density at radius 3 is 2.00 bits per heavy atom. The molecule has 12 bridgehead atoms. The van der Waals surface area contributed by atoms with Crippen molar-refractivity contribution in [3.63, 3.8) is 0 Å². The molecule has 9 rings (SSSR count). The number of ketones is 1. The van der Waals surface area contributed by atoms with Crippen molar-refractivity contribution < 1.29 is 15.0 Å². The second-order valence-electron chi connectivity index (χ2n) is 7.94. The molecule has 3 heteroatoms. The fourth-order valence-electron chi connectivity index (χ4n) is 8.46. The van der Waals surface area contributed by atoms with Crippen molar-refractivity contribution in [2.75, 3.05) is 0 Å². The molecule has 0 spiro atoms. The number of rotatable bonds is 0. The Labute approximate surface area is 98.2 Å². The molecule has 0 aromatic rings. The van der Waals surface area contributed by atoms with Gasteiger partial charge in [0, 0.05) is 29.6 Å². The number of carbonyl (C=O) groups excluding carboxylic acids is 1. The molecule has 0 amide bonds. The van der Waals surface area contributed by atoms with E-state index in [0.717, 1.165) is 6.42 Å². The first kappa shape index (κ1) is 7.90. The minimum absolute atomic E-state index is 0.0489. The number of carbonyl (C=O) groups is 1. The van der Waals surface area contributed by atoms with Crippen molar-refractivity contribution in [2.45, 2.75) is 17.6 Å². The Kier molecular flexibility index (Phi) is 0.742. The van der Waals surface area contributed by atoms with Gasteiger partial charge in [0.25, 0.3) is 0 Å². The Bertz CT molecular complexity index is 520. The van der Waals surface area contributed by atoms with Crippen LogP contribution in [0.1, 0.15) is 6.42 Å². The van der Waals surface area contributed by atoms with Gasteiger partial charge in [0.1, 0.15) is 5.78 Å². The van der Waals surface area contributed by atoms with E-state index < -0.39 is 11.2 Å². The highest BCUT2D eigenvalue weighted by atomic mass is 16.3. The molecule has 9 aliphatic rings. The lowest BCUT2D eigenvalue weighted by Gasteiger charge is -2.48. The van der Waals surface area contributed by atoms with Gasteiger partial charge in [0.2, 0.25) is 0 Å². The van der Waals surface area contributed by atoms with E-state index >= 15 is 0 Å². The fourth-order valence-corrected chi connectivity index (χ4v) is 8.46. The van der Waals surface area contributed by atoms with Crippen LogP contribution in [0.2, 0.25) is 0 Å². The molecule has 3 nitrogen and oxygen atoms in total. The van der Waals surface area contributed by atoms with Gasteiger partial charge in [-0.3, -0.25) is 4.79 Å². The van der Waals surface area contributed by atoms with Crippen LogP contribution in [0.5, 0.6) is 0 Å². The smallest absolute Gasteiger partial charge is 0.140 e. The third-order valence-corrected chi connectivity index (χ3v) is 8.32. The van der Waals surface area contributed by atoms with Crippen molar-refractivity contribution in [1.82, 2.24) is 0 Å². The van der Waals surface area contributed by atoms with Gasteiger partial charge in [0.15, 0.2) is 0 Å². The molecule has 17 heavy (non-hydrogen) atoms. The van der Waals surface area contributed by atoms with Gasteiger partial charge in [-0.1, -0.05) is 0 Å². The lowest BCUT2D eigenvalue weighted by Crippen LogP contribution is -2.58. The Morgan fingerprint density at radius 2 is 1.53 bits per heavy atom. The molecule has 0 saturated heterocycles. The maximum absolute atomic E-state index is 12.2. The summed E-state index contributed by atoms with van der Waals surface area (Å²) in [4.78, 5) is 12.2. The van der Waals surface area contributed by atoms with Crippen molar-refractivity contribution >= 4 is 5.78 Å². The SMILES string of the molecule is O=C1C2[C@@H]3[C@H]2[C@@H]2C1[C@H]3[C@@]1(O)C3CC4[C@H]([C@H]41)[C@@]32O. The normalized spacial score (nSPS) is 90.1. The molecule has 88 valence electrons. The number of hydrogen-bond donors (Lipinski definition) is 2. The Balaban J connectivity index is 1.63. The molecule has 12 atom stereocenters. The average molecular weight is 230 g/mol. The van der Waals surface area contributed by atoms with E-state index in [4.69, 9.17) is 0 Å². The van der Waals surface area contributed by atoms with Crippen LogP contribution < -0.4 is 0 Å². The summed E-state index contributed by atoms with van der Waals surface area (Å²) >= 11 is 0. The second-order valence-corrected chi connectivity index (χ2v) is 7.94. The van der Waals surface area contributed by atoms with Crippen LogP contribution in [0.15, 0.2) is 0 Å². The minimum Gasteiger partial charge on any atom is -0.389 e. The number of aliphatic hydroxyl groups is 2. The summed E-state index contributed by atoms with van der Waals surface area (Å²) in [6, 6.07) is 0. The lowest BCUT2D eigenvalue weighted by molar-refractivity contribution is -0.173. The molecule has 0 heterocycles. The second kappa shape index (κ2) is 1.60. The molecule has 9 aliphatic carbocycles. The zero-order valence-corrected chi connectivity index (χ0v) is 9.28. The predicted molar refractivity (Wildman–Crippen MR) is 54.4 cm³/mol. The summed E-state index contributed by atoms with van der Waals surface area (Å²) in [5.74, 6) is 3.61. The zero-order chi connectivity index (χ0) is 11.1. The van der Waals surface area contributed by atoms with E-state index in [1.807, 2.05) is 0 Å². The highest BCUT2D eigenvalue weighted by Crippen LogP contribution is 2.93. The van der Waals surface area contributed by atoms with Crippen LogP contribution >= 0.6 is 0 Å². The molecule has 2 N–H and O–H groups in total. The molecule has 0 aromatic heterocycles. The van der Waals surface area contributed by atoms with Crippen molar-refractivity contribution in [1.29, 1.82) is 0 Å². The Hall–Kier alpha value is -0.410. The van der Waals surface area contributed by atoms with Gasteiger partial charge in [-0.05, 0) is 36.0 Å². The van der Waals surface area contributed by atoms with E-state index in [-0.39, 0.29) is 29.6 Å². The summed E-state index contributed by atoms with van der Waals surface area (Å²) in [6.07, 6.45) is 1.04. The van der Waals surface area contributed by atoms with E-state index in [1.165, 1.54) is 0 Å². The molecule has 9 saturated carbocycles. The summed E-state index contributed by atoms with van der Waals surface area (Å²) < 4.78 is 0. The molecular formula is C14H14O3. The van der Waals surface area contributed by atoms with Gasteiger partial charge in [0.05, 0.1) is 11.2 Å². The van der Waals surface area contributed by atoms with Crippen molar-refractivity contribution in [2.24, 2.45) is 59.2 Å². The van der Waals surface area contributed by atoms with Crippen LogP contribution in [0.3, 0.4) is 0 Å². The van der Waals surface area contributed by atoms with Crippen LogP contribution in [0.4, 0.5) is 0 Å². The van der Waals surface area contributed by atoms with E-state index in [1.54, 1.807) is 0 Å². The molecule has 0 radical (unpaired) electrons. The van der Waals surface area contributed by atoms with Gasteiger partial charge in [-0.2, -0.15) is 0 Å². The largest absolute Gasteiger partial charge is 0.389 e. The Morgan fingerprint density at radius 1 is 0.941 bits per heavy atom. The van der Waals surface area contributed by atoms with E-state index in [0.29, 0.717) is 35.4 Å². The highest BCUT2D eigenvalue weighted by molar-refractivity contribution is 5.95. The average Bonchev–Trinajstić information content (AvgIpc) is 2.92. The lowest BCUT2D eigenvalue weighted by atomic mass is 9.61. The first-order valence-corrected chi connectivity index (χ1v) is 7.11. The van der Waals surface area contributed by atoms with Crippen LogP contribution in [-0.2, 0) is 4.79 Å². The third kappa shape index (κ3) is 0.412. The van der Waals surface area contributed by atoms with Crippen molar-refractivity contribution in [3.05, 3.63) is 0 Å². The van der Waals surface area contributed by atoms with E-state index in [9.17, 15) is 15.0 Å². The summed E-state index contributed by atoms with van der Waals surface area (Å²) in [6.45, 7) is 0. The zero-order valence-electron chi connectivity index (χ0n) is 9.28. The summed E-state index contributed by atoms with van der Waals surface area (Å²) in [5, 5.41) is 22.4. The molecular weight excluding hydrogens is 216 g/mol. The van der Waals surface area contributed by atoms with Gasteiger partial charge < -0.3 is 10.2 Å². The monoisotopic (exact) mass is 230 g/mol. The molecule has 4 unspecified atom stereocenters. The van der Waals surface area contributed by atoms with E-state index in [2.05, 4.69) is 0 Å². The topological polar surface area (TPSA) is 57.5 Å². The van der Waals surface area contributed by atoms with Crippen molar-refractivity contribution in [3.8, 4) is 0 Å². The third-order valence-electron chi connectivity index (χ3n) is 8.32. The van der Waals surface area contributed by atoms with Crippen LogP contribution in [-0.4, -0.2) is 27.2 Å². The van der Waals surface area contributed by atoms with Crippen LogP contribution in [0, 0.1) is 59.2 Å². The number of Topliss-reactive ketones (excluding diaryl/α,β-unsaturated/α-hetero) is 1. The first-order valence-electron chi connectivity index (χ1n) is 7.11. The maximum atomic E-state index is 12.2. The van der Waals surface area contributed by atoms with Crippen LogP contribution in [0.25, 0.3) is 0 Å². The molecule has 9 fully saturated rings. The summed E-state index contributed by atoms with van der Waals surface area (Å²) in [5.41, 5.74) is -1.27. The predicted octanol–water partition coefficient (Wildman–Crippen LogP) is -0.335. The minimum atomic E-state index is -0.633. The van der Waals surface area contributed by atoms with Gasteiger partial charge in [-0.25, -0.2) is 0 Å². The standard InChI is InChI=1S/C14H14O3/c15-12-6-4-5(6)11-7(12)10(4)13(16)3-1-2-8(13)9(2)14(3,11)17/h2-11,16-17H,1H2/t2?,3?,4-,5+,6?,7?,8-,9+,10-,11+,13+,14-. The quantitative estimate of drug-likeness (QED) is 0.599. The highest BCUT2D eigenvalue weighted by Gasteiger charge is 2.99. The maximum Gasteiger partial charge on any atom is 0.140 e. The fraction of sp³-hybridized carbons (Fsp3) is 0.929. The molecule has 0 aliphatic heterocycles. The van der Waals surface area contributed by atoms with Gasteiger partial charge >= 0.3 is 0 Å². The number of hydrogen-bond acceptors (Lipinski definition) is 3. The first-order chi connectivity index (χ1) is 8.13. The van der Waals surface area contributed by atoms with Gasteiger partial charge in [-0.15, -0.1) is 0 Å². The molecule has 0 aromatic carbocycles. The summed E-state index contributed by atoms with van der Waals surface area (Å²) in [7, 11) is 0.